The van der Waals surface area contributed by atoms with E-state index < -0.39 is 7.15 Å². The molecule has 256 valence electrons. The van der Waals surface area contributed by atoms with Gasteiger partial charge >= 0.3 is 103 Å². The van der Waals surface area contributed by atoms with Crippen LogP contribution in [0.4, 0.5) is 4.39 Å². The summed E-state index contributed by atoms with van der Waals surface area (Å²) >= 11 is 5.81. The Balaban J connectivity index is 0.000000377. The van der Waals surface area contributed by atoms with Crippen molar-refractivity contribution in [2.75, 3.05) is 20.2 Å². The molecule has 6 aromatic carbocycles. The first-order valence-electron chi connectivity index (χ1n) is 16.9. The summed E-state index contributed by atoms with van der Waals surface area (Å²) in [4.78, 5) is 13.8. The van der Waals surface area contributed by atoms with Gasteiger partial charge in [-0.25, -0.2) is 0 Å². The van der Waals surface area contributed by atoms with E-state index in [1.54, 1.807) is 0 Å². The van der Waals surface area contributed by atoms with Crippen LogP contribution in [0.1, 0.15) is 36.2 Å². The summed E-state index contributed by atoms with van der Waals surface area (Å²) in [5.41, 5.74) is 8.61. The molecule has 0 saturated heterocycles. The Hall–Kier alpha value is -1.32. The molecule has 8 rings (SSSR count). The Morgan fingerprint density at radius 3 is 2.04 bits per heavy atom. The molecule has 0 fully saturated rings. The van der Waals surface area contributed by atoms with Crippen LogP contribution in [0.5, 0.6) is 0 Å². The van der Waals surface area contributed by atoms with E-state index in [4.69, 9.17) is 23.0 Å². The van der Waals surface area contributed by atoms with Gasteiger partial charge in [0.1, 0.15) is 0 Å². The smallest absolute Gasteiger partial charge is 1.00 e. The van der Waals surface area contributed by atoms with Crippen molar-refractivity contribution in [1.29, 1.82) is 0 Å². The Kier molecular flexibility index (Phi) is 22.9. The summed E-state index contributed by atoms with van der Waals surface area (Å²) in [5, 5.41) is 17.0. The zero-order chi connectivity index (χ0) is 35.4. The standard InChI is InChI=1S/C20H19N.C11H9Cl.C9H11N.CH3F.CH2O3.2K.H/c1-3-7-19-13-16(9-10-17(19)5-1)14-21-12-11-18-6-2-4-8-20(18)15-21;12-8-10-6-3-5-9-4-1-2-7-11(9)10;1-2-4-9-7-10-6-5-8(9)3-1;1-2;2-1-4-3;;;/h1-10,13H,11-12,14-15H2;1-7H,8H2;1-4,10H,5-7H2;1H3;1,3H;;;/q;;;;;2*+1;-1/p-1/i;;;1D;;;;. The fourth-order valence-electron chi connectivity index (χ4n) is 6.11. The number of hydrogen-bond acceptors (Lipinski definition) is 5. The maximum atomic E-state index is 9.96. The second-order valence-corrected chi connectivity index (χ2v) is 11.8. The molecule has 0 bridgehead atoms. The molecule has 6 aromatic rings. The predicted molar refractivity (Wildman–Crippen MR) is 199 cm³/mol. The van der Waals surface area contributed by atoms with Crippen LogP contribution in [0.3, 0.4) is 0 Å². The number of rotatable bonds is 4. The second-order valence-electron chi connectivity index (χ2n) is 11.6. The first-order valence-corrected chi connectivity index (χ1v) is 16.8. The van der Waals surface area contributed by atoms with Crippen LogP contribution in [0.25, 0.3) is 21.5 Å². The molecule has 0 aliphatic carbocycles. The second kappa shape index (κ2) is 26.5. The summed E-state index contributed by atoms with van der Waals surface area (Å²) in [6.07, 6.45) is 2.36. The number of halogens is 2. The van der Waals surface area contributed by atoms with Crippen molar-refractivity contribution >= 4 is 39.6 Å². The largest absolute Gasteiger partial charge is 1.00 e. The Bertz CT molecular complexity index is 1890. The molecule has 9 heteroatoms. The van der Waals surface area contributed by atoms with Gasteiger partial charge < -0.3 is 16.9 Å². The number of hydrogen-bond donors (Lipinski definition) is 1. The fourth-order valence-corrected chi connectivity index (χ4v) is 6.35. The van der Waals surface area contributed by atoms with E-state index in [-0.39, 0.29) is 111 Å². The van der Waals surface area contributed by atoms with Crippen LogP contribution in [-0.2, 0) is 48.0 Å². The maximum Gasteiger partial charge on any atom is 1.00 e. The third-order valence-electron chi connectivity index (χ3n) is 8.50. The molecule has 0 atom stereocenters. The average molecular weight is 758 g/mol. The molecular formula is C42H44ClFK2N2O3. The topological polar surface area (TPSA) is 64.6 Å². The number of benzene rings is 6. The molecule has 0 saturated carbocycles. The van der Waals surface area contributed by atoms with E-state index in [0.29, 0.717) is 5.88 Å². The monoisotopic (exact) mass is 757 g/mol. The summed E-state index contributed by atoms with van der Waals surface area (Å²) in [7, 11) is -1.00. The summed E-state index contributed by atoms with van der Waals surface area (Å²) in [6, 6.07) is 47.4. The summed E-state index contributed by atoms with van der Waals surface area (Å²) < 4.78 is 15.5. The van der Waals surface area contributed by atoms with Gasteiger partial charge in [0.2, 0.25) is 0 Å². The molecule has 0 amide bonds. The van der Waals surface area contributed by atoms with Crippen molar-refractivity contribution in [3.63, 3.8) is 0 Å². The first-order chi connectivity index (χ1) is 24.6. The molecule has 51 heavy (non-hydrogen) atoms. The summed E-state index contributed by atoms with van der Waals surface area (Å²) in [5.74, 6) is 0.585. The van der Waals surface area contributed by atoms with Crippen LogP contribution < -0.4 is 113 Å². The SMILES string of the molecule is ClCc1cccc2ccccc12.O=CO[O-].[2H]CF.[H-].[K+].[K+].c1ccc2c(c1)CCN(Cc1ccc3ccccc3c1)C2.c1ccc2c(c1)CCNC2. The molecule has 5 nitrogen and oxygen atoms in total. The van der Waals surface area contributed by atoms with Crippen molar-refractivity contribution in [3.8, 4) is 0 Å². The molecule has 2 heterocycles. The third kappa shape index (κ3) is 14.8. The number of carbonyl (C=O) groups excluding carboxylic acids is 1. The van der Waals surface area contributed by atoms with Crippen LogP contribution in [0.2, 0.25) is 0 Å². The zero-order valence-corrected chi connectivity index (χ0v) is 36.6. The van der Waals surface area contributed by atoms with E-state index in [0.717, 1.165) is 32.7 Å². The molecule has 0 unspecified atom stereocenters. The number of fused-ring (bicyclic) bond motifs is 4. The number of alkyl halides is 2. The normalized spacial score (nSPS) is 12.6. The fraction of sp³-hybridized carbons (Fsp3) is 0.214. The van der Waals surface area contributed by atoms with Gasteiger partial charge in [-0.1, -0.05) is 127 Å². The molecule has 0 aromatic heterocycles. The van der Waals surface area contributed by atoms with Crippen LogP contribution in [0.15, 0.2) is 133 Å². The van der Waals surface area contributed by atoms with Crippen molar-refractivity contribution in [2.45, 2.75) is 38.4 Å². The number of carbonyl (C=O) groups is 1. The average Bonchev–Trinajstić information content (AvgIpc) is 3.18. The molecule has 2 aliphatic heterocycles. The Morgan fingerprint density at radius 1 is 0.804 bits per heavy atom. The zero-order valence-electron chi connectivity index (χ0n) is 31.6. The van der Waals surface area contributed by atoms with E-state index in [1.165, 1.54) is 67.8 Å². The maximum absolute atomic E-state index is 9.96. The van der Waals surface area contributed by atoms with Gasteiger partial charge in [-0.15, -0.1) is 11.6 Å². The van der Waals surface area contributed by atoms with Gasteiger partial charge in [-0.05, 0) is 80.4 Å². The Morgan fingerprint density at radius 2 is 1.37 bits per heavy atom. The molecular weight excluding hydrogens is 713 g/mol. The van der Waals surface area contributed by atoms with Crippen LogP contribution >= 0.6 is 11.6 Å². The van der Waals surface area contributed by atoms with E-state index in [1.807, 2.05) is 18.2 Å². The molecule has 0 radical (unpaired) electrons. The summed E-state index contributed by atoms with van der Waals surface area (Å²) in [6.45, 7) is 5.28. The van der Waals surface area contributed by atoms with E-state index >= 15 is 0 Å². The van der Waals surface area contributed by atoms with Gasteiger partial charge in [0.15, 0.2) is 0 Å². The van der Waals surface area contributed by atoms with Crippen molar-refractivity contribution in [1.82, 2.24) is 10.2 Å². The predicted octanol–water partition coefficient (Wildman–Crippen LogP) is 2.45. The van der Waals surface area contributed by atoms with E-state index in [2.05, 4.69) is 130 Å². The minimum atomic E-state index is -1.00. The van der Waals surface area contributed by atoms with Crippen LogP contribution in [-0.4, -0.2) is 31.6 Å². The van der Waals surface area contributed by atoms with Crippen molar-refractivity contribution in [3.05, 3.63) is 167 Å². The van der Waals surface area contributed by atoms with Gasteiger partial charge in [-0.2, -0.15) is 0 Å². The molecule has 1 N–H and O–H groups in total. The van der Waals surface area contributed by atoms with Crippen molar-refractivity contribution < 1.29 is 125 Å². The van der Waals surface area contributed by atoms with Gasteiger partial charge in [-0.3, -0.25) is 14.1 Å². The minimum absolute atomic E-state index is 0. The number of nitrogens with one attached hydrogen (secondary N) is 1. The van der Waals surface area contributed by atoms with Gasteiger partial charge in [0.05, 0.1) is 8.52 Å². The quantitative estimate of drug-likeness (QED) is 0.0986. The molecule has 2 aliphatic rings. The van der Waals surface area contributed by atoms with Crippen molar-refractivity contribution in [2.24, 2.45) is 0 Å². The van der Waals surface area contributed by atoms with Crippen LogP contribution in [0, 0.1) is 0 Å². The third-order valence-corrected chi connectivity index (χ3v) is 8.79. The van der Waals surface area contributed by atoms with Gasteiger partial charge in [0, 0.05) is 32.1 Å². The number of nitrogens with zero attached hydrogens (tertiary/aromatic N) is 1. The molecule has 0 spiro atoms. The minimum Gasteiger partial charge on any atom is -1.00 e. The first kappa shape index (κ1) is 44.1. The van der Waals surface area contributed by atoms with E-state index in [9.17, 15) is 4.39 Å². The Labute approximate surface area is 394 Å². The van der Waals surface area contributed by atoms with Gasteiger partial charge in [0.25, 0.3) is 6.47 Å².